The maximum Gasteiger partial charge on any atom is 0.254 e. The molecule has 0 aliphatic heterocycles. The smallest absolute Gasteiger partial charge is 0.254 e. The maximum atomic E-state index is 13.1. The third-order valence-electron chi connectivity index (χ3n) is 5.52. The summed E-state index contributed by atoms with van der Waals surface area (Å²) in [6, 6.07) is 7.02. The topological polar surface area (TPSA) is 66.5 Å². The second kappa shape index (κ2) is 8.09. The third-order valence-corrected chi connectivity index (χ3v) is 7.13. The highest BCUT2D eigenvalue weighted by Crippen LogP contribution is 2.35. The average Bonchev–Trinajstić information content (AvgIpc) is 3.47. The summed E-state index contributed by atoms with van der Waals surface area (Å²) < 4.78 is 27.4. The van der Waals surface area contributed by atoms with Crippen LogP contribution in [0, 0.1) is 0 Å². The lowest BCUT2D eigenvalue weighted by Crippen LogP contribution is -2.43. The predicted molar refractivity (Wildman–Crippen MR) is 103 cm³/mol. The second-order valence-corrected chi connectivity index (χ2v) is 9.40. The van der Waals surface area contributed by atoms with Gasteiger partial charge in [0.1, 0.15) is 0 Å². The van der Waals surface area contributed by atoms with Gasteiger partial charge in [-0.3, -0.25) is 4.79 Å². The van der Waals surface area contributed by atoms with Gasteiger partial charge in [0.2, 0.25) is 10.0 Å². The van der Waals surface area contributed by atoms with Crippen molar-refractivity contribution < 1.29 is 13.2 Å². The Morgan fingerprint density at radius 3 is 2.19 bits per heavy atom. The van der Waals surface area contributed by atoms with Crippen LogP contribution in [0.15, 0.2) is 29.2 Å². The van der Waals surface area contributed by atoms with Crippen LogP contribution in [0.2, 0.25) is 0 Å². The van der Waals surface area contributed by atoms with Crippen LogP contribution in [0.4, 0.5) is 0 Å². The molecule has 0 radical (unpaired) electrons. The molecule has 0 aromatic heterocycles. The van der Waals surface area contributed by atoms with E-state index in [-0.39, 0.29) is 16.8 Å². The molecule has 2 aliphatic carbocycles. The molecule has 1 aromatic rings. The quantitative estimate of drug-likeness (QED) is 0.787. The fourth-order valence-electron chi connectivity index (χ4n) is 3.68. The van der Waals surface area contributed by atoms with Crippen molar-refractivity contribution in [3.63, 3.8) is 0 Å². The zero-order valence-electron chi connectivity index (χ0n) is 15.8. The first-order valence-electron chi connectivity index (χ1n) is 9.87. The van der Waals surface area contributed by atoms with Gasteiger partial charge >= 0.3 is 0 Å². The van der Waals surface area contributed by atoms with Crippen molar-refractivity contribution in [2.75, 3.05) is 0 Å². The Hall–Kier alpha value is -1.40. The van der Waals surface area contributed by atoms with Crippen molar-refractivity contribution >= 4 is 15.9 Å². The van der Waals surface area contributed by atoms with Gasteiger partial charge in [-0.05, 0) is 63.3 Å². The Morgan fingerprint density at radius 2 is 1.65 bits per heavy atom. The molecule has 0 spiro atoms. The van der Waals surface area contributed by atoms with Crippen molar-refractivity contribution in [2.24, 2.45) is 0 Å². The number of nitrogens with zero attached hydrogens (tertiary/aromatic N) is 1. The zero-order valence-corrected chi connectivity index (χ0v) is 16.6. The third kappa shape index (κ3) is 4.46. The number of carbonyl (C=O) groups excluding carboxylic acids is 1. The van der Waals surface area contributed by atoms with Crippen LogP contribution in [0.3, 0.4) is 0 Å². The largest absolute Gasteiger partial charge is 0.333 e. The second-order valence-electron chi connectivity index (χ2n) is 7.69. The van der Waals surface area contributed by atoms with Crippen LogP contribution in [-0.4, -0.2) is 37.4 Å². The van der Waals surface area contributed by atoms with E-state index >= 15 is 0 Å². The van der Waals surface area contributed by atoms with E-state index in [2.05, 4.69) is 9.62 Å². The summed E-state index contributed by atoms with van der Waals surface area (Å²) in [5, 5.41) is 0. The number of benzene rings is 1. The first-order valence-corrected chi connectivity index (χ1v) is 11.4. The van der Waals surface area contributed by atoms with Gasteiger partial charge in [0, 0.05) is 23.7 Å². The van der Waals surface area contributed by atoms with Gasteiger partial charge in [-0.1, -0.05) is 26.2 Å². The molecule has 5 nitrogen and oxygen atoms in total. The van der Waals surface area contributed by atoms with Crippen molar-refractivity contribution in [1.29, 1.82) is 0 Å². The monoisotopic (exact) mass is 378 g/mol. The SMILES string of the molecule is CCC(C)NS(=O)(=O)c1ccc(C(=O)N(C2CCCCC2)C2CC2)cc1. The van der Waals surface area contributed by atoms with E-state index in [0.29, 0.717) is 17.6 Å². The summed E-state index contributed by atoms with van der Waals surface area (Å²) in [7, 11) is -3.53. The summed E-state index contributed by atoms with van der Waals surface area (Å²) in [5.74, 6) is 0.0539. The number of carbonyl (C=O) groups is 1. The molecule has 2 saturated carbocycles. The van der Waals surface area contributed by atoms with Gasteiger partial charge in [0.05, 0.1) is 4.90 Å². The van der Waals surface area contributed by atoms with Crippen LogP contribution in [-0.2, 0) is 10.0 Å². The van der Waals surface area contributed by atoms with Crippen LogP contribution in [0.1, 0.15) is 75.6 Å². The van der Waals surface area contributed by atoms with E-state index in [1.54, 1.807) is 24.3 Å². The van der Waals surface area contributed by atoms with Crippen LogP contribution in [0.25, 0.3) is 0 Å². The minimum absolute atomic E-state index is 0.0539. The lowest BCUT2D eigenvalue weighted by atomic mass is 9.93. The summed E-state index contributed by atoms with van der Waals surface area (Å²) in [4.78, 5) is 15.4. The Morgan fingerprint density at radius 1 is 1.08 bits per heavy atom. The van der Waals surface area contributed by atoms with E-state index in [0.717, 1.165) is 32.1 Å². The van der Waals surface area contributed by atoms with E-state index in [9.17, 15) is 13.2 Å². The fourth-order valence-corrected chi connectivity index (χ4v) is 5.01. The van der Waals surface area contributed by atoms with Crippen molar-refractivity contribution in [1.82, 2.24) is 9.62 Å². The Bertz CT molecular complexity index is 720. The number of sulfonamides is 1. The molecule has 1 atom stereocenters. The fraction of sp³-hybridized carbons (Fsp3) is 0.650. The van der Waals surface area contributed by atoms with E-state index in [1.165, 1.54) is 19.3 Å². The molecular formula is C20H30N2O3S. The summed E-state index contributed by atoms with van der Waals surface area (Å²) in [6.07, 6.45) is 8.74. The number of amides is 1. The first-order chi connectivity index (χ1) is 12.4. The molecule has 0 heterocycles. The highest BCUT2D eigenvalue weighted by molar-refractivity contribution is 7.89. The Labute approximate surface area is 157 Å². The van der Waals surface area contributed by atoms with Crippen LogP contribution < -0.4 is 4.72 Å². The number of hydrogen-bond donors (Lipinski definition) is 1. The maximum absolute atomic E-state index is 13.1. The first kappa shape index (κ1) is 19.4. The minimum atomic E-state index is -3.53. The molecule has 1 unspecified atom stereocenters. The van der Waals surface area contributed by atoms with E-state index in [4.69, 9.17) is 0 Å². The van der Waals surface area contributed by atoms with Gasteiger partial charge < -0.3 is 4.90 Å². The highest BCUT2D eigenvalue weighted by atomic mass is 32.2. The van der Waals surface area contributed by atoms with Gasteiger partial charge in [0.15, 0.2) is 0 Å². The van der Waals surface area contributed by atoms with Crippen LogP contribution in [0.5, 0.6) is 0 Å². The summed E-state index contributed by atoms with van der Waals surface area (Å²) in [6.45, 7) is 3.78. The van der Waals surface area contributed by atoms with E-state index < -0.39 is 10.0 Å². The molecular weight excluding hydrogens is 348 g/mol. The molecule has 26 heavy (non-hydrogen) atoms. The van der Waals surface area contributed by atoms with Gasteiger partial charge in [-0.15, -0.1) is 0 Å². The Balaban J connectivity index is 1.75. The van der Waals surface area contributed by atoms with Crippen molar-refractivity contribution in [3.05, 3.63) is 29.8 Å². The van der Waals surface area contributed by atoms with Gasteiger partial charge in [-0.25, -0.2) is 13.1 Å². The number of hydrogen-bond acceptors (Lipinski definition) is 3. The van der Waals surface area contributed by atoms with Crippen molar-refractivity contribution in [3.8, 4) is 0 Å². The number of nitrogens with one attached hydrogen (secondary N) is 1. The molecule has 144 valence electrons. The van der Waals surface area contributed by atoms with Crippen LogP contribution >= 0.6 is 0 Å². The normalized spacial score (nSPS) is 19.9. The van der Waals surface area contributed by atoms with E-state index in [1.807, 2.05) is 13.8 Å². The molecule has 3 rings (SSSR count). The molecule has 1 N–H and O–H groups in total. The minimum Gasteiger partial charge on any atom is -0.333 e. The lowest BCUT2D eigenvalue weighted by Gasteiger charge is -2.34. The zero-order chi connectivity index (χ0) is 18.7. The summed E-state index contributed by atoms with van der Waals surface area (Å²) >= 11 is 0. The average molecular weight is 379 g/mol. The lowest BCUT2D eigenvalue weighted by molar-refractivity contribution is 0.0614. The standard InChI is InChI=1S/C20H30N2O3S/c1-3-15(2)21-26(24,25)19-13-9-16(10-14-19)20(23)22(18-11-12-18)17-7-5-4-6-8-17/h9-10,13-15,17-18,21H,3-8,11-12H2,1-2H3. The van der Waals surface area contributed by atoms with Gasteiger partial charge in [0.25, 0.3) is 5.91 Å². The molecule has 1 aromatic carbocycles. The molecule has 1 amide bonds. The van der Waals surface area contributed by atoms with Gasteiger partial charge in [-0.2, -0.15) is 0 Å². The molecule has 6 heteroatoms. The molecule has 2 fully saturated rings. The molecule has 0 bridgehead atoms. The number of rotatable bonds is 7. The summed E-state index contributed by atoms with van der Waals surface area (Å²) in [5.41, 5.74) is 0.588. The van der Waals surface area contributed by atoms with Crippen molar-refractivity contribution in [2.45, 2.75) is 88.2 Å². The Kier molecular flexibility index (Phi) is 6.03. The predicted octanol–water partition coefficient (Wildman–Crippen LogP) is 3.70. The molecule has 2 aliphatic rings. The highest BCUT2D eigenvalue weighted by Gasteiger charge is 2.38. The molecule has 0 saturated heterocycles.